The summed E-state index contributed by atoms with van der Waals surface area (Å²) in [6.45, 7) is 0. The van der Waals surface area contributed by atoms with E-state index >= 15 is 0 Å². The maximum absolute atomic E-state index is 10.1. The Kier molecular flexibility index (Phi) is 22.7. The molecule has 3 rings (SSSR count). The zero-order valence-corrected chi connectivity index (χ0v) is 25.1. The molecule has 3 saturated carbocycles. The first-order valence-electron chi connectivity index (χ1n) is 12.3. The molecule has 10 heteroatoms. The van der Waals surface area contributed by atoms with Crippen LogP contribution in [0.2, 0.25) is 0 Å². The molecule has 0 saturated heterocycles. The number of carboxylic acid groups (broad SMARTS) is 3. The molecule has 6 nitrogen and oxygen atoms in total. The molecule has 0 N–H and O–H groups in total. The van der Waals surface area contributed by atoms with Crippen molar-refractivity contribution in [1.82, 2.24) is 0 Å². The smallest absolute Gasteiger partial charge is 0.549 e. The minimum absolute atomic E-state index is 0. The standard InChI is InChI=1S/3C8H14O2S.Sb/c3*9-8(10)6-11-7-4-2-1-3-5-7;/h3*7H,1-6H2,(H,9,10);/q;;;+3/p-3. The Labute approximate surface area is 235 Å². The largest absolute Gasteiger partial charge is 3.00 e. The van der Waals surface area contributed by atoms with Crippen LogP contribution in [0, 0.1) is 0 Å². The zero-order valence-electron chi connectivity index (χ0n) is 20.1. The minimum atomic E-state index is -0.930. The summed E-state index contributed by atoms with van der Waals surface area (Å²) in [4.78, 5) is 30.3. The molecular formula is C24H39O6S3Sb. The Morgan fingerprint density at radius 1 is 0.471 bits per heavy atom. The van der Waals surface area contributed by atoms with Gasteiger partial charge < -0.3 is 29.7 Å². The molecular weight excluding hydrogens is 602 g/mol. The van der Waals surface area contributed by atoms with Crippen LogP contribution >= 0.6 is 35.3 Å². The molecule has 0 aromatic heterocycles. The Bertz CT molecular complexity index is 473. The van der Waals surface area contributed by atoms with Crippen molar-refractivity contribution in [3.05, 3.63) is 0 Å². The topological polar surface area (TPSA) is 120 Å². The number of carboxylic acids is 3. The molecule has 0 atom stereocenters. The molecule has 0 unspecified atom stereocenters. The summed E-state index contributed by atoms with van der Waals surface area (Å²) in [5.41, 5.74) is 0. The maximum Gasteiger partial charge on any atom is 3.00 e. The van der Waals surface area contributed by atoms with Gasteiger partial charge in [-0.3, -0.25) is 0 Å². The molecule has 3 aliphatic carbocycles. The number of rotatable bonds is 9. The van der Waals surface area contributed by atoms with Gasteiger partial charge in [0, 0.05) is 33.0 Å². The third kappa shape index (κ3) is 20.5. The fraction of sp³-hybridized carbons (Fsp3) is 0.875. The normalized spacial score (nSPS) is 19.4. The van der Waals surface area contributed by atoms with Crippen molar-refractivity contribution in [2.75, 3.05) is 17.3 Å². The van der Waals surface area contributed by atoms with Crippen molar-refractivity contribution >= 4 is 77.6 Å². The molecule has 0 heterocycles. The summed E-state index contributed by atoms with van der Waals surface area (Å²) in [6, 6.07) is 0. The maximum atomic E-state index is 10.1. The Hall–Kier alpha value is 0.278. The van der Waals surface area contributed by atoms with Gasteiger partial charge in [0.25, 0.3) is 0 Å². The molecule has 3 aliphatic rings. The van der Waals surface area contributed by atoms with Crippen LogP contribution in [0.5, 0.6) is 0 Å². The van der Waals surface area contributed by atoms with E-state index in [9.17, 15) is 29.7 Å². The predicted molar refractivity (Wildman–Crippen MR) is 139 cm³/mol. The molecule has 34 heavy (non-hydrogen) atoms. The molecule has 0 bridgehead atoms. The van der Waals surface area contributed by atoms with Crippen LogP contribution in [0.15, 0.2) is 0 Å². The van der Waals surface area contributed by atoms with Crippen molar-refractivity contribution in [2.45, 2.75) is 112 Å². The number of carbonyl (C=O) groups is 3. The molecule has 2 radical (unpaired) electrons. The van der Waals surface area contributed by atoms with Gasteiger partial charge in [-0.15, -0.1) is 0 Å². The number of hydrogen-bond donors (Lipinski definition) is 0. The van der Waals surface area contributed by atoms with Gasteiger partial charge in [-0.2, -0.15) is 35.3 Å². The van der Waals surface area contributed by atoms with E-state index in [2.05, 4.69) is 0 Å². The second-order valence-electron chi connectivity index (χ2n) is 8.83. The van der Waals surface area contributed by atoms with Gasteiger partial charge in [0.15, 0.2) is 0 Å². The van der Waals surface area contributed by atoms with E-state index in [1.165, 1.54) is 96.3 Å². The number of carbonyl (C=O) groups excluding carboxylic acids is 3. The Morgan fingerprint density at radius 3 is 0.853 bits per heavy atom. The first-order chi connectivity index (χ1) is 15.9. The van der Waals surface area contributed by atoms with Gasteiger partial charge in [-0.25, -0.2) is 0 Å². The molecule has 0 aromatic carbocycles. The van der Waals surface area contributed by atoms with Crippen LogP contribution in [0.3, 0.4) is 0 Å². The van der Waals surface area contributed by atoms with E-state index in [-0.39, 0.29) is 41.7 Å². The predicted octanol–water partition coefficient (Wildman–Crippen LogP) is 2.03. The SMILES string of the molecule is O=C([O-])CSC1CCCCC1.O=C([O-])CSC1CCCCC1.O=C([O-])CSC1CCCCC1.[Sb+3]. The molecule has 0 amide bonds. The number of thioether (sulfide) groups is 3. The van der Waals surface area contributed by atoms with Gasteiger partial charge in [0.1, 0.15) is 0 Å². The number of aliphatic carboxylic acids is 3. The fourth-order valence-electron chi connectivity index (χ4n) is 4.25. The average molecular weight is 642 g/mol. The third-order valence-corrected chi connectivity index (χ3v) is 10.0. The monoisotopic (exact) mass is 640 g/mol. The first-order valence-corrected chi connectivity index (χ1v) is 15.5. The molecule has 0 aliphatic heterocycles. The van der Waals surface area contributed by atoms with Crippen molar-refractivity contribution in [2.24, 2.45) is 0 Å². The third-order valence-electron chi connectivity index (χ3n) is 5.97. The second-order valence-corrected chi connectivity index (χ2v) is 12.7. The van der Waals surface area contributed by atoms with Gasteiger partial charge in [0.2, 0.25) is 0 Å². The minimum Gasteiger partial charge on any atom is -0.549 e. The summed E-state index contributed by atoms with van der Waals surface area (Å²) in [5.74, 6) is -2.28. The van der Waals surface area contributed by atoms with E-state index in [0.29, 0.717) is 15.7 Å². The number of hydrogen-bond acceptors (Lipinski definition) is 9. The van der Waals surface area contributed by atoms with E-state index in [0.717, 1.165) is 0 Å². The summed E-state index contributed by atoms with van der Waals surface area (Å²) in [6.07, 6.45) is 18.7. The first kappa shape index (κ1) is 34.3. The van der Waals surface area contributed by atoms with Crippen LogP contribution < -0.4 is 15.3 Å². The van der Waals surface area contributed by atoms with Gasteiger partial charge in [-0.1, -0.05) is 57.8 Å². The fourth-order valence-corrected chi connectivity index (χ4v) is 7.37. The summed E-state index contributed by atoms with van der Waals surface area (Å²) in [7, 11) is 0. The van der Waals surface area contributed by atoms with E-state index in [4.69, 9.17) is 0 Å². The summed E-state index contributed by atoms with van der Waals surface area (Å²) < 4.78 is 0. The van der Waals surface area contributed by atoms with Crippen LogP contribution in [0.1, 0.15) is 96.3 Å². The van der Waals surface area contributed by atoms with Gasteiger partial charge >= 0.3 is 24.4 Å². The van der Waals surface area contributed by atoms with Crippen molar-refractivity contribution in [3.63, 3.8) is 0 Å². The molecule has 0 aromatic rings. The molecule has 3 fully saturated rings. The van der Waals surface area contributed by atoms with Gasteiger partial charge in [-0.05, 0) is 38.5 Å². The van der Waals surface area contributed by atoms with E-state index < -0.39 is 17.9 Å². The van der Waals surface area contributed by atoms with Crippen molar-refractivity contribution < 1.29 is 29.7 Å². The van der Waals surface area contributed by atoms with Crippen LogP contribution in [-0.4, -0.2) is 75.3 Å². The summed E-state index contributed by atoms with van der Waals surface area (Å²) >= 11 is 4.63. The van der Waals surface area contributed by atoms with Crippen molar-refractivity contribution in [3.8, 4) is 0 Å². The van der Waals surface area contributed by atoms with E-state index in [1.54, 1.807) is 35.3 Å². The Balaban J connectivity index is 0.000000473. The summed E-state index contributed by atoms with van der Waals surface area (Å²) in [5, 5.41) is 32.1. The van der Waals surface area contributed by atoms with Gasteiger partial charge in [0.05, 0.1) is 17.9 Å². The second kappa shape index (κ2) is 22.5. The van der Waals surface area contributed by atoms with E-state index in [1.807, 2.05) is 0 Å². The van der Waals surface area contributed by atoms with Crippen LogP contribution in [0.25, 0.3) is 0 Å². The quantitative estimate of drug-likeness (QED) is 0.349. The Morgan fingerprint density at radius 2 is 0.676 bits per heavy atom. The zero-order chi connectivity index (χ0) is 24.3. The molecule has 0 spiro atoms. The van der Waals surface area contributed by atoms with Crippen LogP contribution in [-0.2, 0) is 14.4 Å². The van der Waals surface area contributed by atoms with Crippen LogP contribution in [0.4, 0.5) is 0 Å². The average Bonchev–Trinajstić information content (AvgIpc) is 2.83. The molecule has 194 valence electrons. The van der Waals surface area contributed by atoms with Crippen molar-refractivity contribution in [1.29, 1.82) is 0 Å².